The molecular formula is C30H30F3N3O2. The maximum absolute atomic E-state index is 13.6. The normalized spacial score (nSPS) is 15.1. The number of hydrogen-bond donors (Lipinski definition) is 0. The van der Waals surface area contributed by atoms with Gasteiger partial charge in [0.05, 0.1) is 12.7 Å². The average molecular weight is 522 g/mol. The minimum Gasteiger partial charge on any atom is -0.497 e. The number of carbonyl (C=O) groups is 1. The van der Waals surface area contributed by atoms with Gasteiger partial charge in [-0.15, -0.1) is 0 Å². The van der Waals surface area contributed by atoms with E-state index in [0.29, 0.717) is 38.3 Å². The molecule has 0 saturated carbocycles. The van der Waals surface area contributed by atoms with Gasteiger partial charge < -0.3 is 19.1 Å². The van der Waals surface area contributed by atoms with Crippen molar-refractivity contribution >= 4 is 22.5 Å². The molecule has 5 rings (SSSR count). The Balaban J connectivity index is 1.35. The zero-order valence-electron chi connectivity index (χ0n) is 21.4. The number of para-hydroxylation sites is 1. The van der Waals surface area contributed by atoms with Crippen molar-refractivity contribution in [2.24, 2.45) is 7.05 Å². The third-order valence-electron chi connectivity index (χ3n) is 7.37. The van der Waals surface area contributed by atoms with Crippen LogP contribution in [0.25, 0.3) is 10.9 Å². The first-order valence-electron chi connectivity index (χ1n) is 12.6. The van der Waals surface area contributed by atoms with Crippen molar-refractivity contribution in [3.05, 3.63) is 95.7 Å². The monoisotopic (exact) mass is 521 g/mol. The molecule has 198 valence electrons. The molecule has 1 saturated heterocycles. The van der Waals surface area contributed by atoms with Gasteiger partial charge in [0.1, 0.15) is 5.75 Å². The van der Waals surface area contributed by atoms with Crippen LogP contribution < -0.4 is 9.64 Å². The fourth-order valence-corrected chi connectivity index (χ4v) is 5.29. The smallest absolute Gasteiger partial charge is 0.416 e. The molecule has 0 aliphatic carbocycles. The van der Waals surface area contributed by atoms with Crippen molar-refractivity contribution in [1.82, 2.24) is 9.47 Å². The van der Waals surface area contributed by atoms with E-state index in [1.807, 2.05) is 53.2 Å². The SMILES string of the molecule is COc1ccc(C(CC(=O)N2CCN(c3cccc(C(F)(F)F)c3)CC2)c2cn(C)c3ccccc23)cc1. The fourth-order valence-electron chi connectivity index (χ4n) is 5.29. The second kappa shape index (κ2) is 10.4. The Morgan fingerprint density at radius 3 is 2.34 bits per heavy atom. The zero-order chi connectivity index (χ0) is 26.9. The van der Waals surface area contributed by atoms with Crippen LogP contribution in [0.1, 0.15) is 29.0 Å². The van der Waals surface area contributed by atoms with Gasteiger partial charge in [0.2, 0.25) is 5.91 Å². The van der Waals surface area contributed by atoms with E-state index >= 15 is 0 Å². The number of fused-ring (bicyclic) bond motifs is 1. The number of carbonyl (C=O) groups excluding carboxylic acids is 1. The van der Waals surface area contributed by atoms with E-state index in [-0.39, 0.29) is 11.8 Å². The summed E-state index contributed by atoms with van der Waals surface area (Å²) in [5.74, 6) is 0.630. The lowest BCUT2D eigenvalue weighted by molar-refractivity contribution is -0.137. The molecule has 2 heterocycles. The Hall–Kier alpha value is -3.94. The summed E-state index contributed by atoms with van der Waals surface area (Å²) in [7, 11) is 3.63. The van der Waals surface area contributed by atoms with Crippen LogP contribution >= 0.6 is 0 Å². The first kappa shape index (κ1) is 25.7. The minimum absolute atomic E-state index is 0.0300. The molecule has 5 nitrogen and oxygen atoms in total. The molecule has 3 aromatic carbocycles. The number of hydrogen-bond acceptors (Lipinski definition) is 3. The highest BCUT2D eigenvalue weighted by molar-refractivity contribution is 5.86. The molecule has 8 heteroatoms. The van der Waals surface area contributed by atoms with Gasteiger partial charge in [-0.1, -0.05) is 36.4 Å². The summed E-state index contributed by atoms with van der Waals surface area (Å²) < 4.78 is 46.9. The van der Waals surface area contributed by atoms with Crippen molar-refractivity contribution in [3.63, 3.8) is 0 Å². The molecule has 1 unspecified atom stereocenters. The highest BCUT2D eigenvalue weighted by atomic mass is 19.4. The first-order valence-corrected chi connectivity index (χ1v) is 12.6. The average Bonchev–Trinajstić information content (AvgIpc) is 3.27. The van der Waals surface area contributed by atoms with Gasteiger partial charge in [0.25, 0.3) is 0 Å². The zero-order valence-corrected chi connectivity index (χ0v) is 21.4. The first-order chi connectivity index (χ1) is 18.2. The minimum atomic E-state index is -4.38. The highest BCUT2D eigenvalue weighted by Crippen LogP contribution is 2.36. The molecule has 0 radical (unpaired) electrons. The van der Waals surface area contributed by atoms with E-state index < -0.39 is 11.7 Å². The van der Waals surface area contributed by atoms with Crippen LogP contribution in [0, 0.1) is 0 Å². The van der Waals surface area contributed by atoms with Crippen LogP contribution in [0.15, 0.2) is 79.0 Å². The topological polar surface area (TPSA) is 37.7 Å². The van der Waals surface area contributed by atoms with Crippen LogP contribution in [-0.2, 0) is 18.0 Å². The van der Waals surface area contributed by atoms with Gasteiger partial charge in [0, 0.05) is 68.4 Å². The van der Waals surface area contributed by atoms with Gasteiger partial charge in [-0.2, -0.15) is 13.2 Å². The van der Waals surface area contributed by atoms with E-state index in [1.54, 1.807) is 13.2 Å². The highest BCUT2D eigenvalue weighted by Gasteiger charge is 2.32. The molecule has 0 spiro atoms. The van der Waals surface area contributed by atoms with E-state index in [2.05, 4.69) is 22.9 Å². The number of anilines is 1. The summed E-state index contributed by atoms with van der Waals surface area (Å²) >= 11 is 0. The quantitative estimate of drug-likeness (QED) is 0.309. The van der Waals surface area contributed by atoms with E-state index in [1.165, 1.54) is 12.1 Å². The molecule has 1 aliphatic rings. The van der Waals surface area contributed by atoms with Crippen LogP contribution in [0.2, 0.25) is 0 Å². The molecule has 4 aromatic rings. The predicted molar refractivity (Wildman–Crippen MR) is 143 cm³/mol. The maximum Gasteiger partial charge on any atom is 0.416 e. The van der Waals surface area contributed by atoms with E-state index in [9.17, 15) is 18.0 Å². The number of aryl methyl sites for hydroxylation is 1. The van der Waals surface area contributed by atoms with Gasteiger partial charge in [-0.25, -0.2) is 0 Å². The number of benzene rings is 3. The summed E-state index contributed by atoms with van der Waals surface area (Å²) in [4.78, 5) is 17.3. The van der Waals surface area contributed by atoms with Gasteiger partial charge in [-0.05, 0) is 47.5 Å². The predicted octanol–water partition coefficient (Wildman–Crippen LogP) is 6.08. The second-order valence-corrected chi connectivity index (χ2v) is 9.66. The lowest BCUT2D eigenvalue weighted by atomic mass is 9.87. The standard InChI is InChI=1S/C30H30F3N3O2/c1-34-20-27(25-8-3-4-9-28(25)34)26(21-10-12-24(38-2)13-11-21)19-29(37)36-16-14-35(15-17-36)23-7-5-6-22(18-23)30(31,32)33/h3-13,18,20,26H,14-17,19H2,1-2H3. The van der Waals surface area contributed by atoms with Crippen LogP contribution in [0.3, 0.4) is 0 Å². The molecule has 1 aromatic heterocycles. The Morgan fingerprint density at radius 2 is 1.66 bits per heavy atom. The molecule has 1 amide bonds. The number of rotatable bonds is 6. The summed E-state index contributed by atoms with van der Waals surface area (Å²) in [5, 5.41) is 1.11. The lowest BCUT2D eigenvalue weighted by Gasteiger charge is -2.37. The molecular weight excluding hydrogens is 491 g/mol. The van der Waals surface area contributed by atoms with Crippen molar-refractivity contribution in [1.29, 1.82) is 0 Å². The molecule has 1 fully saturated rings. The third-order valence-corrected chi connectivity index (χ3v) is 7.37. The number of halogens is 3. The van der Waals surface area contributed by atoms with Gasteiger partial charge >= 0.3 is 6.18 Å². The van der Waals surface area contributed by atoms with Crippen LogP contribution in [0.5, 0.6) is 5.75 Å². The maximum atomic E-state index is 13.6. The van der Waals surface area contributed by atoms with E-state index in [0.717, 1.165) is 33.8 Å². The number of methoxy groups -OCH3 is 1. The summed E-state index contributed by atoms with van der Waals surface area (Å²) in [6.45, 7) is 1.88. The Bertz CT molecular complexity index is 1420. The molecule has 1 atom stereocenters. The molecule has 38 heavy (non-hydrogen) atoms. The second-order valence-electron chi connectivity index (χ2n) is 9.66. The summed E-state index contributed by atoms with van der Waals surface area (Å²) in [6.07, 6.45) is -1.99. The Labute approximate surface area is 220 Å². The Morgan fingerprint density at radius 1 is 0.947 bits per heavy atom. The van der Waals surface area contributed by atoms with Crippen molar-refractivity contribution in [2.45, 2.75) is 18.5 Å². The van der Waals surface area contributed by atoms with Crippen molar-refractivity contribution in [2.75, 3.05) is 38.2 Å². The summed E-state index contributed by atoms with van der Waals surface area (Å²) in [5.41, 5.74) is 3.08. The Kier molecular flexibility index (Phi) is 7.06. The van der Waals surface area contributed by atoms with Gasteiger partial charge in [-0.3, -0.25) is 4.79 Å². The molecule has 0 N–H and O–H groups in total. The number of ether oxygens (including phenoxy) is 1. The van der Waals surface area contributed by atoms with E-state index in [4.69, 9.17) is 4.74 Å². The lowest BCUT2D eigenvalue weighted by Crippen LogP contribution is -2.49. The van der Waals surface area contributed by atoms with Crippen molar-refractivity contribution < 1.29 is 22.7 Å². The third kappa shape index (κ3) is 5.21. The number of aromatic nitrogens is 1. The van der Waals surface area contributed by atoms with Gasteiger partial charge in [0.15, 0.2) is 0 Å². The van der Waals surface area contributed by atoms with Crippen molar-refractivity contribution in [3.8, 4) is 5.75 Å². The molecule has 0 bridgehead atoms. The fraction of sp³-hybridized carbons (Fsp3) is 0.300. The number of amides is 1. The van der Waals surface area contributed by atoms with Crippen LogP contribution in [-0.4, -0.2) is 48.7 Å². The largest absolute Gasteiger partial charge is 0.497 e. The number of alkyl halides is 3. The summed E-state index contributed by atoms with van der Waals surface area (Å²) in [6, 6.07) is 21.4. The number of nitrogens with zero attached hydrogens (tertiary/aromatic N) is 3. The van der Waals surface area contributed by atoms with Crippen LogP contribution in [0.4, 0.5) is 18.9 Å². The number of piperazine rings is 1. The molecule has 1 aliphatic heterocycles.